The summed E-state index contributed by atoms with van der Waals surface area (Å²) >= 11 is 0. The molecule has 0 spiro atoms. The van der Waals surface area contributed by atoms with Crippen LogP contribution in [0, 0.1) is 5.92 Å². The third-order valence-electron chi connectivity index (χ3n) is 2.87. The first-order valence-electron chi connectivity index (χ1n) is 4.59. The van der Waals surface area contributed by atoms with Gasteiger partial charge in [0.2, 0.25) is 0 Å². The van der Waals surface area contributed by atoms with Crippen molar-refractivity contribution in [1.29, 1.82) is 0 Å². The molecule has 1 aliphatic rings. The fourth-order valence-electron chi connectivity index (χ4n) is 1.69. The van der Waals surface area contributed by atoms with Gasteiger partial charge in [-0.2, -0.15) is 0 Å². The van der Waals surface area contributed by atoms with Gasteiger partial charge in [-0.3, -0.25) is 0 Å². The maximum Gasteiger partial charge on any atom is 0.0648 e. The Hall–Kier alpha value is -0.0800. The molecule has 0 amide bonds. The average molecular weight is 157 g/mol. The van der Waals surface area contributed by atoms with Crippen LogP contribution in [-0.4, -0.2) is 17.3 Å². The molecule has 1 saturated carbocycles. The fraction of sp³-hybridized carbons (Fsp3) is 1.00. The molecule has 0 radical (unpaired) electrons. The highest BCUT2D eigenvalue weighted by Gasteiger charge is 2.34. The summed E-state index contributed by atoms with van der Waals surface area (Å²) in [4.78, 5) is 0. The third-order valence-corrected chi connectivity index (χ3v) is 2.87. The third kappa shape index (κ3) is 2.17. The van der Waals surface area contributed by atoms with Gasteiger partial charge in [0.15, 0.2) is 0 Å². The maximum atomic E-state index is 9.91. The summed E-state index contributed by atoms with van der Waals surface area (Å²) < 4.78 is 0. The van der Waals surface area contributed by atoms with E-state index < -0.39 is 5.60 Å². The topological polar surface area (TPSA) is 46.2 Å². The highest BCUT2D eigenvalue weighted by molar-refractivity contribution is 4.87. The summed E-state index contributed by atoms with van der Waals surface area (Å²) in [6.45, 7) is 2.65. The SMILES string of the molecule is CC(O)(CCCN)C1CCC1. The van der Waals surface area contributed by atoms with Gasteiger partial charge >= 0.3 is 0 Å². The quantitative estimate of drug-likeness (QED) is 0.645. The number of nitrogens with two attached hydrogens (primary N) is 1. The Morgan fingerprint density at radius 1 is 1.55 bits per heavy atom. The molecule has 0 aromatic heterocycles. The molecule has 0 aromatic carbocycles. The van der Waals surface area contributed by atoms with E-state index >= 15 is 0 Å². The van der Waals surface area contributed by atoms with E-state index in [1.165, 1.54) is 19.3 Å². The number of rotatable bonds is 4. The molecule has 66 valence electrons. The fourth-order valence-corrected chi connectivity index (χ4v) is 1.69. The molecule has 2 heteroatoms. The summed E-state index contributed by atoms with van der Waals surface area (Å²) in [5.41, 5.74) is 4.95. The lowest BCUT2D eigenvalue weighted by atomic mass is 9.72. The van der Waals surface area contributed by atoms with Crippen molar-refractivity contribution >= 4 is 0 Å². The monoisotopic (exact) mass is 157 g/mol. The molecule has 2 nitrogen and oxygen atoms in total. The molecular formula is C9H19NO. The Balaban J connectivity index is 2.25. The summed E-state index contributed by atoms with van der Waals surface area (Å²) in [5.74, 6) is 0.550. The Bertz CT molecular complexity index is 119. The first kappa shape index (κ1) is 9.01. The van der Waals surface area contributed by atoms with Crippen LogP contribution in [0.5, 0.6) is 0 Å². The second kappa shape index (κ2) is 3.55. The number of hydrogen-bond acceptors (Lipinski definition) is 2. The first-order valence-corrected chi connectivity index (χ1v) is 4.59. The molecule has 0 bridgehead atoms. The van der Waals surface area contributed by atoms with Crippen molar-refractivity contribution in [3.63, 3.8) is 0 Å². The van der Waals surface area contributed by atoms with Crippen LogP contribution in [0.25, 0.3) is 0 Å². The largest absolute Gasteiger partial charge is 0.390 e. The van der Waals surface area contributed by atoms with Gasteiger partial charge in [0.1, 0.15) is 0 Å². The predicted molar refractivity (Wildman–Crippen MR) is 46.3 cm³/mol. The van der Waals surface area contributed by atoms with Crippen LogP contribution < -0.4 is 5.73 Å². The smallest absolute Gasteiger partial charge is 0.0648 e. The van der Waals surface area contributed by atoms with Crippen molar-refractivity contribution in [2.24, 2.45) is 11.7 Å². The standard InChI is InChI=1S/C9H19NO/c1-9(11,6-3-7-10)8-4-2-5-8/h8,11H,2-7,10H2,1H3. The normalized spacial score (nSPS) is 24.3. The van der Waals surface area contributed by atoms with Gasteiger partial charge in [-0.15, -0.1) is 0 Å². The van der Waals surface area contributed by atoms with Crippen LogP contribution in [0.3, 0.4) is 0 Å². The minimum absolute atomic E-state index is 0.433. The molecule has 1 atom stereocenters. The van der Waals surface area contributed by atoms with E-state index in [9.17, 15) is 5.11 Å². The summed E-state index contributed by atoms with van der Waals surface area (Å²) in [7, 11) is 0. The van der Waals surface area contributed by atoms with Crippen LogP contribution in [0.15, 0.2) is 0 Å². The summed E-state index contributed by atoms with van der Waals surface area (Å²) in [6.07, 6.45) is 5.52. The Morgan fingerprint density at radius 2 is 2.18 bits per heavy atom. The highest BCUT2D eigenvalue weighted by Crippen LogP contribution is 2.38. The van der Waals surface area contributed by atoms with Crippen molar-refractivity contribution in [2.45, 2.75) is 44.6 Å². The van der Waals surface area contributed by atoms with Crippen LogP contribution >= 0.6 is 0 Å². The van der Waals surface area contributed by atoms with Gasteiger partial charge < -0.3 is 10.8 Å². The molecule has 1 rings (SSSR count). The molecule has 1 aliphatic carbocycles. The van der Waals surface area contributed by atoms with E-state index in [0.717, 1.165) is 12.8 Å². The van der Waals surface area contributed by atoms with Gasteiger partial charge in [-0.1, -0.05) is 6.42 Å². The van der Waals surface area contributed by atoms with Gasteiger partial charge in [0.25, 0.3) is 0 Å². The molecule has 1 unspecified atom stereocenters. The molecular weight excluding hydrogens is 138 g/mol. The average Bonchev–Trinajstić information content (AvgIpc) is 1.78. The minimum atomic E-state index is -0.433. The Morgan fingerprint density at radius 3 is 2.55 bits per heavy atom. The molecule has 0 aromatic rings. The van der Waals surface area contributed by atoms with E-state index in [2.05, 4.69) is 0 Å². The van der Waals surface area contributed by atoms with E-state index in [1.54, 1.807) is 0 Å². The Kier molecular flexibility index (Phi) is 2.90. The molecule has 1 fully saturated rings. The zero-order chi connectivity index (χ0) is 8.32. The van der Waals surface area contributed by atoms with Crippen LogP contribution in [0.2, 0.25) is 0 Å². The minimum Gasteiger partial charge on any atom is -0.390 e. The highest BCUT2D eigenvalue weighted by atomic mass is 16.3. The van der Waals surface area contributed by atoms with Gasteiger partial charge in [-0.25, -0.2) is 0 Å². The van der Waals surface area contributed by atoms with Gasteiger partial charge in [0, 0.05) is 0 Å². The first-order chi connectivity index (χ1) is 5.17. The lowest BCUT2D eigenvalue weighted by Gasteiger charge is -2.39. The molecule has 0 aliphatic heterocycles. The van der Waals surface area contributed by atoms with Gasteiger partial charge in [-0.05, 0) is 45.1 Å². The summed E-state index contributed by atoms with van der Waals surface area (Å²) in [6, 6.07) is 0. The zero-order valence-corrected chi connectivity index (χ0v) is 7.34. The van der Waals surface area contributed by atoms with E-state index in [-0.39, 0.29) is 0 Å². The summed E-state index contributed by atoms with van der Waals surface area (Å²) in [5, 5.41) is 9.91. The number of hydrogen-bond donors (Lipinski definition) is 2. The molecule has 0 heterocycles. The lowest BCUT2D eigenvalue weighted by Crippen LogP contribution is -2.39. The van der Waals surface area contributed by atoms with E-state index in [1.807, 2.05) is 6.92 Å². The Labute approximate surface area is 68.8 Å². The molecule has 0 saturated heterocycles. The van der Waals surface area contributed by atoms with E-state index in [0.29, 0.717) is 12.5 Å². The van der Waals surface area contributed by atoms with Crippen molar-refractivity contribution in [1.82, 2.24) is 0 Å². The van der Waals surface area contributed by atoms with E-state index in [4.69, 9.17) is 5.73 Å². The van der Waals surface area contributed by atoms with Crippen LogP contribution in [-0.2, 0) is 0 Å². The van der Waals surface area contributed by atoms with Crippen LogP contribution in [0.1, 0.15) is 39.0 Å². The second-order valence-corrected chi connectivity index (χ2v) is 3.88. The second-order valence-electron chi connectivity index (χ2n) is 3.88. The maximum absolute atomic E-state index is 9.91. The predicted octanol–water partition coefficient (Wildman–Crippen LogP) is 1.28. The van der Waals surface area contributed by atoms with Crippen molar-refractivity contribution in [2.75, 3.05) is 6.54 Å². The van der Waals surface area contributed by atoms with Crippen molar-refractivity contribution in [3.8, 4) is 0 Å². The van der Waals surface area contributed by atoms with Gasteiger partial charge in [0.05, 0.1) is 5.60 Å². The number of aliphatic hydroxyl groups is 1. The zero-order valence-electron chi connectivity index (χ0n) is 7.34. The molecule has 3 N–H and O–H groups in total. The lowest BCUT2D eigenvalue weighted by molar-refractivity contribution is -0.0419. The van der Waals surface area contributed by atoms with Crippen molar-refractivity contribution in [3.05, 3.63) is 0 Å². The molecule has 11 heavy (non-hydrogen) atoms. The van der Waals surface area contributed by atoms with Crippen molar-refractivity contribution < 1.29 is 5.11 Å². The van der Waals surface area contributed by atoms with Crippen LogP contribution in [0.4, 0.5) is 0 Å².